The highest BCUT2D eigenvalue weighted by Crippen LogP contribution is 2.67. The molecule has 0 saturated heterocycles. The third kappa shape index (κ3) is 4.59. The molecule has 0 aliphatic heterocycles. The summed E-state index contributed by atoms with van der Waals surface area (Å²) in [6, 6.07) is 13.1. The fourth-order valence-electron chi connectivity index (χ4n) is 5.15. The van der Waals surface area contributed by atoms with Gasteiger partial charge in [-0.25, -0.2) is 0 Å². The molecular formula is C29H26F6O4S2. The van der Waals surface area contributed by atoms with Gasteiger partial charge in [0.05, 0.1) is 23.4 Å². The lowest BCUT2D eigenvalue weighted by molar-refractivity contribution is -0.254. The maximum absolute atomic E-state index is 15.9. The van der Waals surface area contributed by atoms with Crippen LogP contribution in [0.1, 0.15) is 46.9 Å². The lowest BCUT2D eigenvalue weighted by Gasteiger charge is -2.26. The zero-order chi connectivity index (χ0) is 29.7. The first-order valence-corrected chi connectivity index (χ1v) is 14.2. The summed E-state index contributed by atoms with van der Waals surface area (Å²) in [5.74, 6) is -16.1. The van der Waals surface area contributed by atoms with Crippen LogP contribution in [0.5, 0.6) is 0 Å². The first-order chi connectivity index (χ1) is 19.4. The van der Waals surface area contributed by atoms with Crippen LogP contribution in [-0.4, -0.2) is 45.6 Å². The van der Waals surface area contributed by atoms with Crippen molar-refractivity contribution in [3.05, 3.63) is 69.4 Å². The summed E-state index contributed by atoms with van der Waals surface area (Å²) in [7, 11) is 2.73. The number of hydrogen-bond acceptors (Lipinski definition) is 6. The number of alkyl halides is 6. The van der Waals surface area contributed by atoms with Crippen LogP contribution in [0.15, 0.2) is 48.5 Å². The van der Waals surface area contributed by atoms with E-state index in [9.17, 15) is 0 Å². The van der Waals surface area contributed by atoms with Gasteiger partial charge in [-0.3, -0.25) is 0 Å². The molecule has 4 aromatic rings. The largest absolute Gasteiger partial charge is 0.380 e. The fraction of sp³-hybridized carbons (Fsp3) is 0.379. The fourth-order valence-corrected chi connectivity index (χ4v) is 7.90. The second-order valence-electron chi connectivity index (χ2n) is 9.59. The highest BCUT2D eigenvalue weighted by molar-refractivity contribution is 7.21. The van der Waals surface area contributed by atoms with Gasteiger partial charge in [0.1, 0.15) is 13.6 Å². The number of allylic oxidation sites excluding steroid dienone is 2. The molecule has 2 aromatic carbocycles. The van der Waals surface area contributed by atoms with Gasteiger partial charge in [0.15, 0.2) is 0 Å². The van der Waals surface area contributed by atoms with E-state index in [4.69, 9.17) is 18.9 Å². The molecule has 2 aromatic heterocycles. The molecule has 1 aliphatic carbocycles. The standard InChI is InChI=1S/C29H26F6O4S2/c1-15(38-13-36-3)21-17-9-5-7-11-19(17)40-25(21)23-24(28(32,33)29(34,35)27(23,30)31)26-22(16(2)39-14-37-4)18-10-6-8-12-20(18)41-26/h5-12,15-16H,13-14H2,1-4H3. The number of benzene rings is 2. The predicted octanol–water partition coefficient (Wildman–Crippen LogP) is 9.31. The second kappa shape index (κ2) is 11.0. The van der Waals surface area contributed by atoms with Gasteiger partial charge < -0.3 is 18.9 Å². The average Bonchev–Trinajstić information content (AvgIpc) is 3.53. The number of methoxy groups -OCH3 is 2. The van der Waals surface area contributed by atoms with Crippen LogP contribution < -0.4 is 0 Å². The molecule has 5 rings (SSSR count). The van der Waals surface area contributed by atoms with Crippen LogP contribution in [0.25, 0.3) is 31.3 Å². The maximum atomic E-state index is 15.9. The van der Waals surface area contributed by atoms with Gasteiger partial charge >= 0.3 is 17.8 Å². The van der Waals surface area contributed by atoms with Crippen molar-refractivity contribution in [2.75, 3.05) is 27.8 Å². The predicted molar refractivity (Wildman–Crippen MR) is 148 cm³/mol. The topological polar surface area (TPSA) is 36.9 Å². The molecule has 0 bridgehead atoms. The highest BCUT2D eigenvalue weighted by atomic mass is 32.1. The normalized spacial score (nSPS) is 19.4. The molecular weight excluding hydrogens is 590 g/mol. The molecule has 12 heteroatoms. The zero-order valence-corrected chi connectivity index (χ0v) is 24.0. The van der Waals surface area contributed by atoms with Crippen LogP contribution in [0.2, 0.25) is 0 Å². The van der Waals surface area contributed by atoms with Crippen molar-refractivity contribution in [1.29, 1.82) is 0 Å². The molecule has 2 heterocycles. The van der Waals surface area contributed by atoms with Crippen LogP contribution in [-0.2, 0) is 18.9 Å². The Balaban J connectivity index is 1.91. The minimum Gasteiger partial charge on any atom is -0.359 e. The molecule has 41 heavy (non-hydrogen) atoms. The Morgan fingerprint density at radius 2 is 1.00 bits per heavy atom. The molecule has 0 amide bonds. The minimum absolute atomic E-state index is 0.106. The van der Waals surface area contributed by atoms with E-state index in [2.05, 4.69) is 0 Å². The number of rotatable bonds is 10. The van der Waals surface area contributed by atoms with Crippen molar-refractivity contribution in [3.63, 3.8) is 0 Å². The Labute approximate surface area is 240 Å². The van der Waals surface area contributed by atoms with Crippen molar-refractivity contribution in [1.82, 2.24) is 0 Å². The average molecular weight is 617 g/mol. The Bertz CT molecular complexity index is 1490. The lowest BCUT2D eigenvalue weighted by Crippen LogP contribution is -2.48. The molecule has 0 fully saturated rings. The maximum Gasteiger partial charge on any atom is 0.380 e. The van der Waals surface area contributed by atoms with Crippen molar-refractivity contribution in [2.45, 2.75) is 43.8 Å². The molecule has 1 aliphatic rings. The third-order valence-corrected chi connectivity index (χ3v) is 9.48. The third-order valence-electron chi connectivity index (χ3n) is 7.07. The van der Waals surface area contributed by atoms with E-state index >= 15 is 26.3 Å². The summed E-state index contributed by atoms with van der Waals surface area (Å²) in [4.78, 5) is -0.777. The van der Waals surface area contributed by atoms with E-state index in [1.807, 2.05) is 0 Å². The Kier molecular flexibility index (Phi) is 8.03. The number of thiophene rings is 2. The summed E-state index contributed by atoms with van der Waals surface area (Å²) < 4.78 is 116. The summed E-state index contributed by atoms with van der Waals surface area (Å²) >= 11 is 1.50. The molecule has 0 saturated carbocycles. The molecule has 0 spiro atoms. The summed E-state index contributed by atoms with van der Waals surface area (Å²) in [5, 5.41) is 0.872. The van der Waals surface area contributed by atoms with Gasteiger partial charge in [-0.1, -0.05) is 36.4 Å². The molecule has 2 atom stereocenters. The van der Waals surface area contributed by atoms with E-state index in [0.29, 0.717) is 20.2 Å². The van der Waals surface area contributed by atoms with Crippen LogP contribution >= 0.6 is 22.7 Å². The summed E-state index contributed by atoms with van der Waals surface area (Å²) in [6.07, 6.45) is -1.89. The second-order valence-corrected chi connectivity index (χ2v) is 11.7. The molecule has 4 nitrogen and oxygen atoms in total. The molecule has 220 valence electrons. The van der Waals surface area contributed by atoms with Crippen molar-refractivity contribution < 1.29 is 45.3 Å². The van der Waals surface area contributed by atoms with Gasteiger partial charge in [-0.2, -0.15) is 26.3 Å². The van der Waals surface area contributed by atoms with Crippen molar-refractivity contribution in [2.24, 2.45) is 0 Å². The Morgan fingerprint density at radius 3 is 1.37 bits per heavy atom. The van der Waals surface area contributed by atoms with E-state index in [-0.39, 0.29) is 34.5 Å². The minimum atomic E-state index is -5.71. The molecule has 0 N–H and O–H groups in total. The zero-order valence-electron chi connectivity index (χ0n) is 22.4. The van der Waals surface area contributed by atoms with E-state index in [1.54, 1.807) is 48.5 Å². The van der Waals surface area contributed by atoms with Gasteiger partial charge in [0.25, 0.3) is 0 Å². The van der Waals surface area contributed by atoms with Gasteiger partial charge in [0, 0.05) is 44.5 Å². The van der Waals surface area contributed by atoms with Crippen molar-refractivity contribution >= 4 is 54.0 Å². The number of ether oxygens (including phenoxy) is 4. The smallest absolute Gasteiger partial charge is 0.359 e. The number of hydrogen-bond donors (Lipinski definition) is 0. The first kappa shape index (κ1) is 30.0. The SMILES string of the molecule is COCOC(C)c1c(C2=C(c3sc4ccccc4c3C(C)OCOC)C(F)(F)C(F)(F)C2(F)F)sc2ccccc12. The van der Waals surface area contributed by atoms with Gasteiger partial charge in [0.2, 0.25) is 0 Å². The monoisotopic (exact) mass is 616 g/mol. The van der Waals surface area contributed by atoms with Crippen LogP contribution in [0.3, 0.4) is 0 Å². The van der Waals surface area contributed by atoms with E-state index in [1.165, 1.54) is 28.1 Å². The van der Waals surface area contributed by atoms with E-state index < -0.39 is 41.1 Å². The van der Waals surface area contributed by atoms with Gasteiger partial charge in [-0.15, -0.1) is 22.7 Å². The van der Waals surface area contributed by atoms with Gasteiger partial charge in [-0.05, 0) is 36.8 Å². The summed E-state index contributed by atoms with van der Waals surface area (Å²) in [6.45, 7) is 2.61. The molecule has 2 unspecified atom stereocenters. The Morgan fingerprint density at radius 1 is 0.634 bits per heavy atom. The number of fused-ring (bicyclic) bond motifs is 2. The number of halogens is 6. The van der Waals surface area contributed by atoms with Crippen molar-refractivity contribution in [3.8, 4) is 0 Å². The highest BCUT2D eigenvalue weighted by Gasteiger charge is 2.81. The van der Waals surface area contributed by atoms with Crippen LogP contribution in [0.4, 0.5) is 26.3 Å². The first-order valence-electron chi connectivity index (χ1n) is 12.5. The lowest BCUT2D eigenvalue weighted by atomic mass is 9.95. The Hall–Kier alpha value is -2.48. The van der Waals surface area contributed by atoms with E-state index in [0.717, 1.165) is 22.7 Å². The summed E-state index contributed by atoms with van der Waals surface area (Å²) in [5.41, 5.74) is -2.61. The molecule has 0 radical (unpaired) electrons. The van der Waals surface area contributed by atoms with Crippen LogP contribution in [0, 0.1) is 0 Å². The quantitative estimate of drug-likeness (QED) is 0.131.